The van der Waals surface area contributed by atoms with E-state index in [0.29, 0.717) is 17.1 Å². The summed E-state index contributed by atoms with van der Waals surface area (Å²) in [5.74, 6) is 0.728. The molecular weight excluding hydrogens is 220 g/mol. The molecule has 1 aromatic rings. The van der Waals surface area contributed by atoms with Gasteiger partial charge < -0.3 is 11.1 Å². The summed E-state index contributed by atoms with van der Waals surface area (Å²) in [4.78, 5) is 11.4. The monoisotopic (exact) mass is 230 g/mol. The molecule has 0 saturated carbocycles. The van der Waals surface area contributed by atoms with Gasteiger partial charge in [0.2, 0.25) is 5.91 Å². The van der Waals surface area contributed by atoms with Gasteiger partial charge >= 0.3 is 0 Å². The molecule has 1 amide bonds. The van der Waals surface area contributed by atoms with Gasteiger partial charge in [-0.05, 0) is 6.26 Å². The normalized spacial score (nSPS) is 9.79. The quantitative estimate of drug-likeness (QED) is 0.650. The number of thiocarbonyl (C=S) groups is 1. The smallest absolute Gasteiger partial charge is 0.235 e. The average molecular weight is 230 g/mol. The first-order chi connectivity index (χ1) is 6.65. The molecule has 0 bridgehead atoms. The number of nitrogens with two attached hydrogens (primary N) is 1. The van der Waals surface area contributed by atoms with Gasteiger partial charge in [-0.3, -0.25) is 9.89 Å². The number of rotatable bonds is 4. The molecule has 0 aliphatic rings. The zero-order valence-corrected chi connectivity index (χ0v) is 9.17. The molecule has 0 spiro atoms. The predicted octanol–water partition coefficient (Wildman–Crippen LogP) is 0.345. The fraction of sp³-hybridized carbons (Fsp3) is 0.286. The standard InChI is InChI=1S/C7H10N4OS2/c1-14-3-5(12)10-7-4(6(8)13)2-9-11-7/h2H,3H2,1H3,(H2,8,13)(H2,9,10,11,12). The highest BCUT2D eigenvalue weighted by Crippen LogP contribution is 2.10. The minimum absolute atomic E-state index is 0.112. The molecule has 76 valence electrons. The summed E-state index contributed by atoms with van der Waals surface area (Å²) in [6.45, 7) is 0. The molecule has 0 saturated heterocycles. The highest BCUT2D eigenvalue weighted by Gasteiger charge is 2.09. The number of aromatic nitrogens is 2. The van der Waals surface area contributed by atoms with Crippen molar-refractivity contribution in [2.24, 2.45) is 5.73 Å². The van der Waals surface area contributed by atoms with Gasteiger partial charge in [0.25, 0.3) is 0 Å². The minimum Gasteiger partial charge on any atom is -0.389 e. The van der Waals surface area contributed by atoms with Crippen LogP contribution in [0.5, 0.6) is 0 Å². The van der Waals surface area contributed by atoms with Crippen LogP contribution in [0.4, 0.5) is 5.82 Å². The maximum atomic E-state index is 11.2. The number of carbonyl (C=O) groups is 1. The average Bonchev–Trinajstić information content (AvgIpc) is 2.52. The lowest BCUT2D eigenvalue weighted by atomic mass is 10.3. The molecular formula is C7H10N4OS2. The molecule has 0 atom stereocenters. The number of nitrogens with one attached hydrogen (secondary N) is 2. The maximum Gasteiger partial charge on any atom is 0.235 e. The van der Waals surface area contributed by atoms with Gasteiger partial charge in [-0.15, -0.1) is 0 Å². The van der Waals surface area contributed by atoms with Crippen molar-refractivity contribution in [1.29, 1.82) is 0 Å². The summed E-state index contributed by atoms with van der Waals surface area (Å²) in [7, 11) is 0. The SMILES string of the molecule is CSCC(=O)Nc1[nH]ncc1C(N)=S. The Kier molecular flexibility index (Phi) is 3.90. The number of amides is 1. The van der Waals surface area contributed by atoms with E-state index in [9.17, 15) is 4.79 Å². The molecule has 14 heavy (non-hydrogen) atoms. The number of carbonyl (C=O) groups excluding carboxylic acids is 1. The van der Waals surface area contributed by atoms with Gasteiger partial charge in [-0.2, -0.15) is 16.9 Å². The second kappa shape index (κ2) is 4.97. The van der Waals surface area contributed by atoms with Crippen molar-refractivity contribution >= 4 is 40.7 Å². The van der Waals surface area contributed by atoms with Gasteiger partial charge in [0.05, 0.1) is 17.5 Å². The molecule has 5 nitrogen and oxygen atoms in total. The predicted molar refractivity (Wildman–Crippen MR) is 61.5 cm³/mol. The Morgan fingerprint density at radius 1 is 1.86 bits per heavy atom. The third-order valence-electron chi connectivity index (χ3n) is 1.44. The van der Waals surface area contributed by atoms with Crippen molar-refractivity contribution in [3.63, 3.8) is 0 Å². The van der Waals surface area contributed by atoms with Gasteiger partial charge in [0.1, 0.15) is 10.8 Å². The highest BCUT2D eigenvalue weighted by molar-refractivity contribution is 7.99. The van der Waals surface area contributed by atoms with Crippen molar-refractivity contribution < 1.29 is 4.79 Å². The number of nitrogens with zero attached hydrogens (tertiary/aromatic N) is 1. The summed E-state index contributed by atoms with van der Waals surface area (Å²) < 4.78 is 0. The minimum atomic E-state index is -0.112. The number of hydrogen-bond donors (Lipinski definition) is 3. The maximum absolute atomic E-state index is 11.2. The molecule has 7 heteroatoms. The summed E-state index contributed by atoms with van der Waals surface area (Å²) in [6.07, 6.45) is 3.33. The zero-order chi connectivity index (χ0) is 10.6. The van der Waals surface area contributed by atoms with E-state index >= 15 is 0 Å². The Labute approximate surface area is 90.8 Å². The van der Waals surface area contributed by atoms with Gasteiger partial charge in [0, 0.05) is 0 Å². The first kappa shape index (κ1) is 11.0. The van der Waals surface area contributed by atoms with Gasteiger partial charge in [-0.1, -0.05) is 12.2 Å². The number of H-pyrrole nitrogens is 1. The van der Waals surface area contributed by atoms with E-state index in [4.69, 9.17) is 18.0 Å². The van der Waals surface area contributed by atoms with E-state index in [1.807, 2.05) is 6.26 Å². The van der Waals surface area contributed by atoms with Gasteiger partial charge in [0.15, 0.2) is 0 Å². The van der Waals surface area contributed by atoms with E-state index in [0.717, 1.165) is 0 Å². The van der Waals surface area contributed by atoms with Crippen LogP contribution in [0.1, 0.15) is 5.56 Å². The fourth-order valence-electron chi connectivity index (χ4n) is 0.875. The van der Waals surface area contributed by atoms with Crippen LogP contribution in [0.3, 0.4) is 0 Å². The van der Waals surface area contributed by atoms with E-state index in [1.165, 1.54) is 18.0 Å². The molecule has 0 aliphatic heterocycles. The number of thioether (sulfide) groups is 1. The van der Waals surface area contributed by atoms with E-state index in [1.54, 1.807) is 0 Å². The molecule has 4 N–H and O–H groups in total. The van der Waals surface area contributed by atoms with Crippen molar-refractivity contribution in [3.05, 3.63) is 11.8 Å². The molecule has 0 unspecified atom stereocenters. The van der Waals surface area contributed by atoms with E-state index in [2.05, 4.69) is 15.5 Å². The van der Waals surface area contributed by atoms with Crippen molar-refractivity contribution in [1.82, 2.24) is 10.2 Å². The van der Waals surface area contributed by atoms with E-state index in [-0.39, 0.29) is 10.9 Å². The fourth-order valence-corrected chi connectivity index (χ4v) is 1.36. The Hall–Kier alpha value is -1.08. The third kappa shape index (κ3) is 2.71. The van der Waals surface area contributed by atoms with Crippen LogP contribution < -0.4 is 11.1 Å². The molecule has 0 radical (unpaired) electrons. The van der Waals surface area contributed by atoms with Crippen molar-refractivity contribution in [2.45, 2.75) is 0 Å². The molecule has 0 aliphatic carbocycles. The Bertz CT molecular complexity index is 349. The molecule has 1 rings (SSSR count). The second-order valence-electron chi connectivity index (χ2n) is 2.50. The summed E-state index contributed by atoms with van der Waals surface area (Å²) in [5, 5.41) is 8.99. The van der Waals surface area contributed by atoms with Crippen molar-refractivity contribution in [2.75, 3.05) is 17.3 Å². The number of anilines is 1. The largest absolute Gasteiger partial charge is 0.389 e. The van der Waals surface area contributed by atoms with Crippen LogP contribution in [-0.2, 0) is 4.79 Å². The van der Waals surface area contributed by atoms with Crippen LogP contribution in [0.25, 0.3) is 0 Å². The van der Waals surface area contributed by atoms with Crippen LogP contribution in [0.15, 0.2) is 6.20 Å². The van der Waals surface area contributed by atoms with Crippen molar-refractivity contribution in [3.8, 4) is 0 Å². The lowest BCUT2D eigenvalue weighted by molar-refractivity contribution is -0.113. The Morgan fingerprint density at radius 2 is 2.57 bits per heavy atom. The lowest BCUT2D eigenvalue weighted by Crippen LogP contribution is -2.18. The summed E-state index contributed by atoms with van der Waals surface area (Å²) in [6, 6.07) is 0. The second-order valence-corrected chi connectivity index (χ2v) is 3.81. The molecule has 0 aromatic carbocycles. The topological polar surface area (TPSA) is 83.8 Å². The molecule has 1 heterocycles. The van der Waals surface area contributed by atoms with E-state index < -0.39 is 0 Å². The Balaban J connectivity index is 2.71. The summed E-state index contributed by atoms with van der Waals surface area (Å²) in [5.41, 5.74) is 5.97. The van der Waals surface area contributed by atoms with Gasteiger partial charge in [-0.25, -0.2) is 0 Å². The third-order valence-corrected chi connectivity index (χ3v) is 2.22. The Morgan fingerprint density at radius 3 is 3.14 bits per heavy atom. The molecule has 1 aromatic heterocycles. The number of hydrogen-bond acceptors (Lipinski definition) is 4. The van der Waals surface area contributed by atoms with Crippen LogP contribution in [-0.4, -0.2) is 33.1 Å². The highest BCUT2D eigenvalue weighted by atomic mass is 32.2. The summed E-state index contributed by atoms with van der Waals surface area (Å²) >= 11 is 6.22. The number of aromatic amines is 1. The van der Waals surface area contributed by atoms with Crippen LogP contribution in [0, 0.1) is 0 Å². The first-order valence-corrected chi connectivity index (χ1v) is 5.57. The first-order valence-electron chi connectivity index (χ1n) is 3.77. The van der Waals surface area contributed by atoms with Crippen LogP contribution in [0.2, 0.25) is 0 Å². The zero-order valence-electron chi connectivity index (χ0n) is 7.53. The molecule has 0 fully saturated rings. The lowest BCUT2D eigenvalue weighted by Gasteiger charge is -2.02. The van der Waals surface area contributed by atoms with Crippen LogP contribution >= 0.6 is 24.0 Å².